The molecule has 2 fully saturated rings. The Labute approximate surface area is 185 Å². The van der Waals surface area contributed by atoms with E-state index in [2.05, 4.69) is 25.7 Å². The van der Waals surface area contributed by atoms with Crippen LogP contribution in [0.4, 0.5) is 0 Å². The second kappa shape index (κ2) is 11.0. The van der Waals surface area contributed by atoms with Gasteiger partial charge in [0.2, 0.25) is 5.91 Å². The summed E-state index contributed by atoms with van der Waals surface area (Å²) in [7, 11) is 3.69. The van der Waals surface area contributed by atoms with Crippen LogP contribution in [0.15, 0.2) is 4.99 Å². The zero-order chi connectivity index (χ0) is 19.2. The van der Waals surface area contributed by atoms with Gasteiger partial charge in [0.25, 0.3) is 0 Å². The largest absolute Gasteiger partial charge is 0.359 e. The first-order valence-electron chi connectivity index (χ1n) is 10.2. The number of nitrogens with one attached hydrogen (secondary N) is 2. The number of halogens is 1. The molecular weight excluding hydrogens is 469 g/mol. The van der Waals surface area contributed by atoms with Crippen molar-refractivity contribution in [2.75, 3.05) is 20.1 Å². The number of carbonyl (C=O) groups is 1. The highest BCUT2D eigenvalue weighted by atomic mass is 127. The van der Waals surface area contributed by atoms with E-state index in [9.17, 15) is 4.79 Å². The average Bonchev–Trinajstić information content (AvgIpc) is 3.30. The molecule has 1 amide bonds. The molecule has 0 radical (unpaired) electrons. The lowest BCUT2D eigenvalue weighted by Gasteiger charge is -2.35. The van der Waals surface area contributed by atoms with Gasteiger partial charge in [-0.3, -0.25) is 4.79 Å². The van der Waals surface area contributed by atoms with E-state index in [1.165, 1.54) is 25.7 Å². The van der Waals surface area contributed by atoms with Gasteiger partial charge in [0.1, 0.15) is 12.4 Å². The number of guanidine groups is 1. The summed E-state index contributed by atoms with van der Waals surface area (Å²) in [6.45, 7) is 4.37. The Morgan fingerprint density at radius 3 is 2.43 bits per heavy atom. The fourth-order valence-corrected chi connectivity index (χ4v) is 3.94. The van der Waals surface area contributed by atoms with Gasteiger partial charge in [-0.15, -0.1) is 34.2 Å². The van der Waals surface area contributed by atoms with Crippen LogP contribution in [0.2, 0.25) is 0 Å². The van der Waals surface area contributed by atoms with Crippen LogP contribution in [0.3, 0.4) is 0 Å². The molecule has 1 saturated carbocycles. The smallest absolute Gasteiger partial charge is 0.220 e. The van der Waals surface area contributed by atoms with Gasteiger partial charge in [-0.05, 0) is 38.5 Å². The molecule has 1 saturated heterocycles. The maximum atomic E-state index is 11.6. The van der Waals surface area contributed by atoms with Gasteiger partial charge in [0.05, 0.1) is 0 Å². The van der Waals surface area contributed by atoms with E-state index in [1.807, 2.05) is 18.5 Å². The van der Waals surface area contributed by atoms with Crippen molar-refractivity contribution in [2.45, 2.75) is 64.5 Å². The van der Waals surface area contributed by atoms with E-state index in [1.54, 1.807) is 7.05 Å². The molecular formula is C19H34IN7O. The molecule has 3 rings (SSSR count). The number of piperidine rings is 1. The SMILES string of the molecule is CNC(=O)CC1CCN(C(=NCc2nnc(C)n2C)NC2CCCC2)CC1.I. The topological polar surface area (TPSA) is 87.4 Å². The lowest BCUT2D eigenvalue weighted by atomic mass is 9.93. The minimum absolute atomic E-state index is 0. The van der Waals surface area contributed by atoms with E-state index < -0.39 is 0 Å². The highest BCUT2D eigenvalue weighted by Gasteiger charge is 2.25. The standard InChI is InChI=1S/C19H33N7O.HI/c1-14-23-24-17(25(14)3)13-21-19(22-16-6-4-5-7-16)26-10-8-15(9-11-26)12-18(27)20-2;/h15-16H,4-13H2,1-3H3,(H,20,27)(H,21,22);1H. The predicted molar refractivity (Wildman–Crippen MR) is 121 cm³/mol. The van der Waals surface area contributed by atoms with E-state index in [0.717, 1.165) is 43.5 Å². The number of amides is 1. The first kappa shape index (κ1) is 22.9. The Kier molecular flexibility index (Phi) is 8.97. The lowest BCUT2D eigenvalue weighted by molar-refractivity contribution is -0.121. The van der Waals surface area contributed by atoms with Crippen molar-refractivity contribution in [3.63, 3.8) is 0 Å². The molecule has 8 nitrogen and oxygen atoms in total. The summed E-state index contributed by atoms with van der Waals surface area (Å²) in [5.74, 6) is 3.38. The Balaban J connectivity index is 0.00000280. The molecule has 158 valence electrons. The number of aryl methyl sites for hydroxylation is 1. The molecule has 2 N–H and O–H groups in total. The number of likely N-dealkylation sites (tertiary alicyclic amines) is 1. The quantitative estimate of drug-likeness (QED) is 0.365. The van der Waals surface area contributed by atoms with E-state index >= 15 is 0 Å². The van der Waals surface area contributed by atoms with E-state index in [4.69, 9.17) is 4.99 Å². The normalized spacial score (nSPS) is 18.8. The third-order valence-electron chi connectivity index (χ3n) is 5.91. The zero-order valence-corrected chi connectivity index (χ0v) is 19.6. The van der Waals surface area contributed by atoms with Crippen LogP contribution < -0.4 is 10.6 Å². The van der Waals surface area contributed by atoms with Crippen LogP contribution in [0.5, 0.6) is 0 Å². The number of aliphatic imine (C=N–C) groups is 1. The molecule has 1 aromatic heterocycles. The number of aromatic nitrogens is 3. The van der Waals surface area contributed by atoms with Crippen molar-refractivity contribution in [2.24, 2.45) is 18.0 Å². The zero-order valence-electron chi connectivity index (χ0n) is 17.3. The first-order chi connectivity index (χ1) is 13.1. The van der Waals surface area contributed by atoms with E-state index in [-0.39, 0.29) is 29.9 Å². The van der Waals surface area contributed by atoms with Gasteiger partial charge in [-0.1, -0.05) is 12.8 Å². The maximum absolute atomic E-state index is 11.6. The third-order valence-corrected chi connectivity index (χ3v) is 5.91. The summed E-state index contributed by atoms with van der Waals surface area (Å²) >= 11 is 0. The van der Waals surface area contributed by atoms with Crippen molar-refractivity contribution >= 4 is 35.8 Å². The maximum Gasteiger partial charge on any atom is 0.220 e. The van der Waals surface area contributed by atoms with E-state index in [0.29, 0.717) is 24.9 Å². The van der Waals surface area contributed by atoms with Gasteiger partial charge in [-0.25, -0.2) is 4.99 Å². The molecule has 1 aliphatic heterocycles. The highest BCUT2D eigenvalue weighted by Crippen LogP contribution is 2.22. The van der Waals surface area contributed by atoms with Crippen molar-refractivity contribution in [1.82, 2.24) is 30.3 Å². The molecule has 0 unspecified atom stereocenters. The predicted octanol–water partition coefficient (Wildman–Crippen LogP) is 1.98. The van der Waals surface area contributed by atoms with Crippen LogP contribution in [0.25, 0.3) is 0 Å². The number of nitrogens with zero attached hydrogens (tertiary/aromatic N) is 5. The number of rotatable bonds is 5. The summed E-state index contributed by atoms with van der Waals surface area (Å²) in [4.78, 5) is 18.9. The number of carbonyl (C=O) groups excluding carboxylic acids is 1. The van der Waals surface area contributed by atoms with Gasteiger partial charge in [-0.2, -0.15) is 0 Å². The summed E-state index contributed by atoms with van der Waals surface area (Å²) in [6.07, 6.45) is 7.71. The monoisotopic (exact) mass is 503 g/mol. The first-order valence-corrected chi connectivity index (χ1v) is 10.2. The molecule has 9 heteroatoms. The molecule has 0 aromatic carbocycles. The van der Waals surface area contributed by atoms with Crippen LogP contribution in [0, 0.1) is 12.8 Å². The molecule has 0 spiro atoms. The van der Waals surface area contributed by atoms with Crippen molar-refractivity contribution in [1.29, 1.82) is 0 Å². The molecule has 1 aliphatic carbocycles. The molecule has 2 aliphatic rings. The highest BCUT2D eigenvalue weighted by molar-refractivity contribution is 14.0. The van der Waals surface area contributed by atoms with Gasteiger partial charge in [0, 0.05) is 39.6 Å². The summed E-state index contributed by atoms with van der Waals surface area (Å²) in [6, 6.07) is 0.522. The van der Waals surface area contributed by atoms with Crippen LogP contribution in [-0.2, 0) is 18.4 Å². The van der Waals surface area contributed by atoms with Gasteiger partial charge in [0.15, 0.2) is 11.8 Å². The van der Waals surface area contributed by atoms with Crippen LogP contribution in [0.1, 0.15) is 56.6 Å². The Morgan fingerprint density at radius 1 is 1.18 bits per heavy atom. The second-order valence-electron chi connectivity index (χ2n) is 7.80. The van der Waals surface area contributed by atoms with Crippen LogP contribution >= 0.6 is 24.0 Å². The molecule has 2 heterocycles. The molecule has 1 aromatic rings. The second-order valence-corrected chi connectivity index (χ2v) is 7.80. The number of hydrogen-bond donors (Lipinski definition) is 2. The molecule has 28 heavy (non-hydrogen) atoms. The number of hydrogen-bond acceptors (Lipinski definition) is 4. The fraction of sp³-hybridized carbons (Fsp3) is 0.789. The third kappa shape index (κ3) is 6.05. The van der Waals surface area contributed by atoms with Gasteiger partial charge < -0.3 is 20.1 Å². The Hall–Kier alpha value is -1.39. The molecule has 0 bridgehead atoms. The van der Waals surface area contributed by atoms with Crippen molar-refractivity contribution in [3.05, 3.63) is 11.6 Å². The summed E-state index contributed by atoms with van der Waals surface area (Å²) < 4.78 is 1.99. The minimum Gasteiger partial charge on any atom is -0.359 e. The molecule has 0 atom stereocenters. The lowest BCUT2D eigenvalue weighted by Crippen LogP contribution is -2.48. The van der Waals surface area contributed by atoms with Crippen molar-refractivity contribution < 1.29 is 4.79 Å². The van der Waals surface area contributed by atoms with Gasteiger partial charge >= 0.3 is 0 Å². The summed E-state index contributed by atoms with van der Waals surface area (Å²) in [5, 5.41) is 14.8. The van der Waals surface area contributed by atoms with Crippen molar-refractivity contribution in [3.8, 4) is 0 Å². The average molecular weight is 503 g/mol. The summed E-state index contributed by atoms with van der Waals surface area (Å²) in [5.41, 5.74) is 0. The Bertz CT molecular complexity index is 661. The Morgan fingerprint density at radius 2 is 1.86 bits per heavy atom. The minimum atomic E-state index is 0. The van der Waals surface area contributed by atoms with Crippen LogP contribution in [-0.4, -0.2) is 57.7 Å². The fourth-order valence-electron chi connectivity index (χ4n) is 3.94.